The van der Waals surface area contributed by atoms with Crippen LogP contribution >= 0.6 is 11.8 Å². The average Bonchev–Trinajstić information content (AvgIpc) is 2.42. The van der Waals surface area contributed by atoms with Crippen molar-refractivity contribution in [2.75, 3.05) is 13.3 Å². The molecular formula is C15H21NO2S. The van der Waals surface area contributed by atoms with Crippen LogP contribution in [0.2, 0.25) is 0 Å². The van der Waals surface area contributed by atoms with Gasteiger partial charge in [-0.15, -0.1) is 11.8 Å². The largest absolute Gasteiger partial charge is 0.286 e. The molecule has 1 aromatic carbocycles. The molecule has 0 heterocycles. The predicted octanol–water partition coefficient (Wildman–Crippen LogP) is 3.61. The van der Waals surface area contributed by atoms with Gasteiger partial charge in [-0.05, 0) is 48.4 Å². The van der Waals surface area contributed by atoms with Gasteiger partial charge in [-0.25, -0.2) is 5.06 Å². The first-order valence-corrected chi connectivity index (χ1v) is 7.62. The Hall–Kier alpha value is -1.26. The second kappa shape index (κ2) is 8.02. The summed E-state index contributed by atoms with van der Waals surface area (Å²) in [7, 11) is 1.32. The number of unbranched alkanes of at least 4 members (excludes halogenated alkanes) is 1. The lowest BCUT2D eigenvalue weighted by atomic mass is 10.0. The lowest BCUT2D eigenvalue weighted by Gasteiger charge is -2.08. The Labute approximate surface area is 119 Å². The zero-order chi connectivity index (χ0) is 14.3. The smallest absolute Gasteiger partial charge is 0.269 e. The highest BCUT2D eigenvalue weighted by atomic mass is 32.2. The van der Waals surface area contributed by atoms with Gasteiger partial charge in [-0.3, -0.25) is 10.0 Å². The van der Waals surface area contributed by atoms with Crippen molar-refractivity contribution in [1.29, 1.82) is 0 Å². The number of hydrogen-bond donors (Lipinski definition) is 1. The van der Waals surface area contributed by atoms with E-state index in [9.17, 15) is 4.79 Å². The number of rotatable bonds is 6. The maximum atomic E-state index is 11.3. The number of amides is 1. The van der Waals surface area contributed by atoms with Crippen LogP contribution in [-0.4, -0.2) is 29.5 Å². The molecular weight excluding hydrogens is 258 g/mol. The Bertz CT molecular complexity index is 455. The van der Waals surface area contributed by atoms with Gasteiger partial charge in [0.25, 0.3) is 5.91 Å². The molecule has 0 fully saturated rings. The topological polar surface area (TPSA) is 40.5 Å². The number of nitrogens with zero attached hydrogens (tertiary/aromatic N) is 1. The van der Waals surface area contributed by atoms with Crippen molar-refractivity contribution in [3.05, 3.63) is 35.4 Å². The van der Waals surface area contributed by atoms with Crippen molar-refractivity contribution < 1.29 is 10.0 Å². The first kappa shape index (κ1) is 15.8. The molecule has 1 aromatic rings. The average molecular weight is 279 g/mol. The van der Waals surface area contributed by atoms with Crippen LogP contribution in [0.3, 0.4) is 0 Å². The van der Waals surface area contributed by atoms with Crippen molar-refractivity contribution in [2.45, 2.75) is 31.1 Å². The van der Waals surface area contributed by atoms with Crippen LogP contribution in [0, 0.1) is 0 Å². The fourth-order valence-electron chi connectivity index (χ4n) is 1.72. The van der Waals surface area contributed by atoms with Gasteiger partial charge in [0, 0.05) is 18.0 Å². The molecule has 1 rings (SSSR count). The highest BCUT2D eigenvalue weighted by Crippen LogP contribution is 2.22. The zero-order valence-electron chi connectivity index (χ0n) is 11.7. The summed E-state index contributed by atoms with van der Waals surface area (Å²) in [6, 6.07) is 6.25. The number of hydrogen-bond acceptors (Lipinski definition) is 3. The van der Waals surface area contributed by atoms with E-state index >= 15 is 0 Å². The molecule has 1 N–H and O–H groups in total. The fourth-order valence-corrected chi connectivity index (χ4v) is 2.19. The number of carbonyl (C=O) groups is 1. The van der Waals surface area contributed by atoms with Crippen LogP contribution in [0.25, 0.3) is 6.08 Å². The molecule has 0 bridgehead atoms. The number of likely N-dealkylation sites (N-methyl/N-ethyl adjacent to an activating group) is 1. The number of carbonyl (C=O) groups excluding carboxylic acids is 1. The van der Waals surface area contributed by atoms with Gasteiger partial charge in [-0.2, -0.15) is 0 Å². The maximum Gasteiger partial charge on any atom is 0.269 e. The summed E-state index contributed by atoms with van der Waals surface area (Å²) in [4.78, 5) is 12.6. The molecule has 0 aromatic heterocycles. The molecule has 0 aliphatic rings. The number of aryl methyl sites for hydroxylation is 1. The van der Waals surface area contributed by atoms with E-state index in [2.05, 4.69) is 19.2 Å². The molecule has 0 saturated carbocycles. The molecule has 19 heavy (non-hydrogen) atoms. The molecule has 0 saturated heterocycles. The summed E-state index contributed by atoms with van der Waals surface area (Å²) < 4.78 is 0. The third kappa shape index (κ3) is 5.09. The summed E-state index contributed by atoms with van der Waals surface area (Å²) in [5.74, 6) is -0.421. The summed E-state index contributed by atoms with van der Waals surface area (Å²) in [5.41, 5.74) is 2.29. The summed E-state index contributed by atoms with van der Waals surface area (Å²) >= 11 is 1.72. The molecule has 0 aliphatic carbocycles. The van der Waals surface area contributed by atoms with Crippen LogP contribution in [-0.2, 0) is 11.2 Å². The normalized spacial score (nSPS) is 10.9. The third-order valence-corrected chi connectivity index (χ3v) is 3.60. The van der Waals surface area contributed by atoms with Gasteiger partial charge in [-0.1, -0.05) is 19.4 Å². The second-order valence-corrected chi connectivity index (χ2v) is 5.24. The third-order valence-electron chi connectivity index (χ3n) is 2.87. The Morgan fingerprint density at radius 3 is 2.79 bits per heavy atom. The first-order valence-electron chi connectivity index (χ1n) is 6.40. The Kier molecular flexibility index (Phi) is 6.67. The SMILES string of the molecule is CCCCc1cc(SC)ccc1/C=C/C(=O)N(C)O. The van der Waals surface area contributed by atoms with Crippen LogP contribution in [0.1, 0.15) is 30.9 Å². The Balaban J connectivity index is 2.94. The van der Waals surface area contributed by atoms with Gasteiger partial charge in [0.2, 0.25) is 0 Å². The summed E-state index contributed by atoms with van der Waals surface area (Å²) in [5, 5.41) is 9.60. The van der Waals surface area contributed by atoms with Gasteiger partial charge >= 0.3 is 0 Å². The molecule has 3 nitrogen and oxygen atoms in total. The highest BCUT2D eigenvalue weighted by molar-refractivity contribution is 7.98. The number of thioether (sulfide) groups is 1. The van der Waals surface area contributed by atoms with Crippen molar-refractivity contribution >= 4 is 23.7 Å². The lowest BCUT2D eigenvalue weighted by Crippen LogP contribution is -2.19. The van der Waals surface area contributed by atoms with Crippen molar-refractivity contribution in [1.82, 2.24) is 5.06 Å². The lowest BCUT2D eigenvalue weighted by molar-refractivity contribution is -0.153. The van der Waals surface area contributed by atoms with E-state index in [1.54, 1.807) is 17.8 Å². The van der Waals surface area contributed by atoms with Crippen LogP contribution in [0.15, 0.2) is 29.2 Å². The molecule has 0 atom stereocenters. The highest BCUT2D eigenvalue weighted by Gasteiger charge is 2.04. The predicted molar refractivity (Wildman–Crippen MR) is 80.4 cm³/mol. The number of hydroxylamine groups is 2. The van der Waals surface area contributed by atoms with E-state index in [0.717, 1.165) is 24.8 Å². The molecule has 0 unspecified atom stereocenters. The van der Waals surface area contributed by atoms with E-state index in [1.807, 2.05) is 12.1 Å². The Morgan fingerprint density at radius 2 is 2.21 bits per heavy atom. The van der Waals surface area contributed by atoms with Gasteiger partial charge in [0.1, 0.15) is 0 Å². The summed E-state index contributed by atoms with van der Waals surface area (Å²) in [6.07, 6.45) is 8.50. The van der Waals surface area contributed by atoms with Crippen LogP contribution in [0.4, 0.5) is 0 Å². The van der Waals surface area contributed by atoms with Gasteiger partial charge in [0.05, 0.1) is 0 Å². The molecule has 0 aliphatic heterocycles. The molecule has 0 spiro atoms. The Morgan fingerprint density at radius 1 is 1.47 bits per heavy atom. The molecule has 104 valence electrons. The number of benzene rings is 1. The van der Waals surface area contributed by atoms with Crippen LogP contribution < -0.4 is 0 Å². The van der Waals surface area contributed by atoms with E-state index in [4.69, 9.17) is 5.21 Å². The zero-order valence-corrected chi connectivity index (χ0v) is 12.5. The fraction of sp³-hybridized carbons (Fsp3) is 0.400. The standard InChI is InChI=1S/C15H21NO2S/c1-4-5-6-13-11-14(19-3)9-7-12(13)8-10-15(17)16(2)18/h7-11,18H,4-6H2,1-3H3/b10-8+. The molecule has 0 radical (unpaired) electrons. The van der Waals surface area contributed by atoms with Crippen LogP contribution in [0.5, 0.6) is 0 Å². The quantitative estimate of drug-likeness (QED) is 0.374. The van der Waals surface area contributed by atoms with Gasteiger partial charge < -0.3 is 0 Å². The minimum absolute atomic E-state index is 0.421. The van der Waals surface area contributed by atoms with E-state index < -0.39 is 5.91 Å². The minimum atomic E-state index is -0.421. The van der Waals surface area contributed by atoms with E-state index in [1.165, 1.54) is 23.6 Å². The van der Waals surface area contributed by atoms with E-state index in [0.29, 0.717) is 5.06 Å². The summed E-state index contributed by atoms with van der Waals surface area (Å²) in [6.45, 7) is 2.16. The van der Waals surface area contributed by atoms with E-state index in [-0.39, 0.29) is 0 Å². The van der Waals surface area contributed by atoms with Crippen molar-refractivity contribution in [2.24, 2.45) is 0 Å². The molecule has 1 amide bonds. The van der Waals surface area contributed by atoms with Gasteiger partial charge in [0.15, 0.2) is 0 Å². The molecule has 4 heteroatoms. The van der Waals surface area contributed by atoms with Crippen molar-refractivity contribution in [3.63, 3.8) is 0 Å². The first-order chi connectivity index (χ1) is 9.08. The van der Waals surface area contributed by atoms with Crippen molar-refractivity contribution in [3.8, 4) is 0 Å². The minimum Gasteiger partial charge on any atom is -0.286 e. The monoisotopic (exact) mass is 279 g/mol. The maximum absolute atomic E-state index is 11.3. The second-order valence-electron chi connectivity index (χ2n) is 4.36.